The summed E-state index contributed by atoms with van der Waals surface area (Å²) in [6, 6.07) is 16.9. The topological polar surface area (TPSA) is 180 Å². The Balaban J connectivity index is 1.85. The summed E-state index contributed by atoms with van der Waals surface area (Å²) in [5.41, 5.74) is 12.5. The predicted molar refractivity (Wildman–Crippen MR) is 157 cm³/mol. The summed E-state index contributed by atoms with van der Waals surface area (Å²) >= 11 is 12.2. The van der Waals surface area contributed by atoms with Gasteiger partial charge in [-0.1, -0.05) is 65.7 Å². The summed E-state index contributed by atoms with van der Waals surface area (Å²) in [5.74, 6) is -3.66. The zero-order chi connectivity index (χ0) is 29.4. The molecule has 40 heavy (non-hydrogen) atoms. The number of hydrogen-bond donors (Lipinski definition) is 5. The third-order valence-electron chi connectivity index (χ3n) is 6.31. The van der Waals surface area contributed by atoms with Crippen molar-refractivity contribution < 1.29 is 23.1 Å². The van der Waals surface area contributed by atoms with E-state index >= 15 is 0 Å². The van der Waals surface area contributed by atoms with E-state index in [4.69, 9.17) is 45.2 Å². The molecule has 0 saturated heterocycles. The lowest BCUT2D eigenvalue weighted by molar-refractivity contribution is -0.138. The lowest BCUT2D eigenvalue weighted by Gasteiger charge is -2.24. The number of nitrogens with one attached hydrogen (secondary N) is 2. The Hall–Kier alpha value is -3.22. The quantitative estimate of drug-likeness (QED) is 0.145. The summed E-state index contributed by atoms with van der Waals surface area (Å²) in [7, 11) is -4.15. The van der Waals surface area contributed by atoms with E-state index in [0.717, 1.165) is 21.2 Å². The highest BCUT2D eigenvalue weighted by Gasteiger charge is 2.31. The number of carbonyl (C=O) groups is 2. The van der Waals surface area contributed by atoms with Gasteiger partial charge in [-0.05, 0) is 52.9 Å². The highest BCUT2D eigenvalue weighted by Crippen LogP contribution is 2.23. The average molecular weight is 609 g/mol. The second kappa shape index (κ2) is 13.9. The molecule has 10 nitrogen and oxygen atoms in total. The molecule has 2 atom stereocenters. The lowest BCUT2D eigenvalue weighted by atomic mass is 10.0. The van der Waals surface area contributed by atoms with E-state index in [0.29, 0.717) is 15.6 Å². The number of halogens is 2. The van der Waals surface area contributed by atoms with Crippen molar-refractivity contribution in [2.24, 2.45) is 11.5 Å². The van der Waals surface area contributed by atoms with Crippen LogP contribution in [-0.2, 0) is 32.4 Å². The largest absolute Gasteiger partial charge is 0.480 e. The number of carbonyl (C=O) groups excluding carboxylic acids is 1. The van der Waals surface area contributed by atoms with E-state index in [2.05, 4.69) is 5.32 Å². The number of nitrogens with two attached hydrogens (primary N) is 2. The fraction of sp³-hybridized carbons (Fsp3) is 0.296. The van der Waals surface area contributed by atoms with Crippen LogP contribution >= 0.6 is 23.2 Å². The number of nitrogens with zero attached hydrogens (tertiary/aromatic N) is 1. The van der Waals surface area contributed by atoms with E-state index in [1.807, 2.05) is 42.5 Å². The van der Waals surface area contributed by atoms with Gasteiger partial charge in [-0.2, -0.15) is 0 Å². The predicted octanol–water partition coefficient (Wildman–Crippen LogP) is 3.13. The van der Waals surface area contributed by atoms with E-state index in [1.165, 1.54) is 0 Å². The van der Waals surface area contributed by atoms with Crippen molar-refractivity contribution in [2.75, 3.05) is 12.3 Å². The van der Waals surface area contributed by atoms with Crippen LogP contribution in [0.15, 0.2) is 60.7 Å². The number of carboxylic acids is 1. The van der Waals surface area contributed by atoms with E-state index in [1.54, 1.807) is 18.2 Å². The Morgan fingerprint density at radius 3 is 2.35 bits per heavy atom. The molecule has 0 fully saturated rings. The van der Waals surface area contributed by atoms with Gasteiger partial charge in [-0.25, -0.2) is 8.42 Å². The molecule has 0 saturated carbocycles. The van der Waals surface area contributed by atoms with Crippen molar-refractivity contribution >= 4 is 61.6 Å². The zero-order valence-electron chi connectivity index (χ0n) is 21.5. The summed E-state index contributed by atoms with van der Waals surface area (Å²) in [6.45, 7) is -0.0419. The van der Waals surface area contributed by atoms with Crippen LogP contribution in [0.4, 0.5) is 0 Å². The van der Waals surface area contributed by atoms with Crippen LogP contribution in [0, 0.1) is 5.41 Å². The molecule has 7 N–H and O–H groups in total. The maximum Gasteiger partial charge on any atom is 0.320 e. The minimum absolute atomic E-state index is 0.0204. The van der Waals surface area contributed by atoms with Gasteiger partial charge in [0.2, 0.25) is 5.91 Å². The third-order valence-corrected chi connectivity index (χ3v) is 8.59. The van der Waals surface area contributed by atoms with Gasteiger partial charge in [0.05, 0.1) is 0 Å². The van der Waals surface area contributed by atoms with E-state index < -0.39 is 44.8 Å². The molecule has 2 unspecified atom stereocenters. The van der Waals surface area contributed by atoms with Gasteiger partial charge in [0, 0.05) is 29.6 Å². The molecule has 214 valence electrons. The van der Waals surface area contributed by atoms with Crippen molar-refractivity contribution in [3.63, 3.8) is 0 Å². The molecule has 3 aromatic rings. The highest BCUT2D eigenvalue weighted by atomic mass is 35.5. The maximum atomic E-state index is 13.7. The SMILES string of the molecule is N=C(N)N(CCCC(N)C(=O)O)C(=O)CS(=O)(=O)C(Cc1cccc2ccccc12)NCc1cc(Cl)cc(Cl)c1. The summed E-state index contributed by atoms with van der Waals surface area (Å²) in [6.07, 6.45) is 0.192. The van der Waals surface area contributed by atoms with Crippen LogP contribution in [0.2, 0.25) is 10.0 Å². The Bertz CT molecular complexity index is 1480. The van der Waals surface area contributed by atoms with Gasteiger partial charge in [0.1, 0.15) is 17.2 Å². The van der Waals surface area contributed by atoms with E-state index in [9.17, 15) is 18.0 Å². The second-order valence-corrected chi connectivity index (χ2v) is 12.4. The molecule has 3 rings (SSSR count). The van der Waals surface area contributed by atoms with Crippen LogP contribution in [0.1, 0.15) is 24.0 Å². The van der Waals surface area contributed by atoms with Crippen molar-refractivity contribution in [3.05, 3.63) is 81.8 Å². The number of rotatable bonds is 13. The number of hydrogen-bond acceptors (Lipinski definition) is 7. The Labute approximate surface area is 242 Å². The molecule has 0 aliphatic heterocycles. The summed E-state index contributed by atoms with van der Waals surface area (Å²) in [4.78, 5) is 24.8. The van der Waals surface area contributed by atoms with Gasteiger partial charge in [0.25, 0.3) is 0 Å². The van der Waals surface area contributed by atoms with Crippen molar-refractivity contribution in [3.8, 4) is 0 Å². The van der Waals surface area contributed by atoms with Gasteiger partial charge in [-0.15, -0.1) is 0 Å². The number of aliphatic carboxylic acids is 1. The van der Waals surface area contributed by atoms with Crippen LogP contribution in [0.3, 0.4) is 0 Å². The van der Waals surface area contributed by atoms with Crippen LogP contribution in [-0.4, -0.2) is 60.0 Å². The zero-order valence-corrected chi connectivity index (χ0v) is 23.8. The van der Waals surface area contributed by atoms with Gasteiger partial charge < -0.3 is 16.6 Å². The molecule has 3 aromatic carbocycles. The molecule has 0 spiro atoms. The smallest absolute Gasteiger partial charge is 0.320 e. The summed E-state index contributed by atoms with van der Waals surface area (Å²) in [5, 5.41) is 21.2. The fourth-order valence-corrected chi connectivity index (χ4v) is 6.31. The minimum Gasteiger partial charge on any atom is -0.480 e. The maximum absolute atomic E-state index is 13.7. The number of carboxylic acid groups (broad SMARTS) is 1. The monoisotopic (exact) mass is 607 g/mol. The second-order valence-electron chi connectivity index (χ2n) is 9.31. The van der Waals surface area contributed by atoms with Crippen LogP contribution in [0.5, 0.6) is 0 Å². The average Bonchev–Trinajstić information content (AvgIpc) is 2.87. The molecule has 0 bridgehead atoms. The Kier molecular flexibility index (Phi) is 10.9. The molecular formula is C27H31Cl2N5O5S. The number of benzene rings is 3. The Morgan fingerprint density at radius 2 is 1.70 bits per heavy atom. The normalized spacial score (nSPS) is 13.1. The third kappa shape index (κ3) is 8.64. The first-order chi connectivity index (χ1) is 18.9. The number of guanidine groups is 1. The number of sulfone groups is 1. The molecule has 1 amide bonds. The fourth-order valence-electron chi connectivity index (χ4n) is 4.26. The summed E-state index contributed by atoms with van der Waals surface area (Å²) < 4.78 is 27.3. The standard InChI is InChI=1S/C27H31Cl2N5O5S/c28-20-11-17(12-21(29)14-20)15-33-24(13-19-7-3-6-18-5-1-2-8-22(18)19)40(38,39)16-25(35)34(27(31)32)10-4-9-23(30)26(36)37/h1-3,5-8,11-12,14,23-24,33H,4,9-10,13,15-16,30H2,(H3,31,32)(H,36,37). The van der Waals surface area contributed by atoms with Gasteiger partial charge >= 0.3 is 5.97 Å². The Morgan fingerprint density at radius 1 is 1.05 bits per heavy atom. The molecule has 0 aliphatic carbocycles. The van der Waals surface area contributed by atoms with Crippen LogP contribution < -0.4 is 16.8 Å². The van der Waals surface area contributed by atoms with Crippen molar-refractivity contribution in [1.29, 1.82) is 5.41 Å². The number of amides is 1. The first kappa shape index (κ1) is 31.3. The van der Waals surface area contributed by atoms with Crippen molar-refractivity contribution in [2.45, 2.75) is 37.2 Å². The van der Waals surface area contributed by atoms with E-state index in [-0.39, 0.29) is 32.4 Å². The number of fused-ring (bicyclic) bond motifs is 1. The molecule has 0 heterocycles. The molecule has 0 aromatic heterocycles. The minimum atomic E-state index is -4.15. The molecule has 0 radical (unpaired) electrons. The van der Waals surface area contributed by atoms with Gasteiger partial charge in [-0.3, -0.25) is 25.2 Å². The van der Waals surface area contributed by atoms with Gasteiger partial charge in [0.15, 0.2) is 15.8 Å². The lowest BCUT2D eigenvalue weighted by Crippen LogP contribution is -2.48. The first-order valence-electron chi connectivity index (χ1n) is 12.4. The van der Waals surface area contributed by atoms with Crippen molar-refractivity contribution in [1.82, 2.24) is 10.2 Å². The molecule has 0 aliphatic rings. The first-order valence-corrected chi connectivity index (χ1v) is 14.8. The molecule has 13 heteroatoms. The molecular weight excluding hydrogens is 577 g/mol. The highest BCUT2D eigenvalue weighted by molar-refractivity contribution is 7.92. The van der Waals surface area contributed by atoms with Crippen LogP contribution in [0.25, 0.3) is 10.8 Å².